The summed E-state index contributed by atoms with van der Waals surface area (Å²) in [5.41, 5.74) is 1.57. The number of nitriles is 1. The number of carbonyl (C=O) groups excluding carboxylic acids is 2. The van der Waals surface area contributed by atoms with E-state index in [1.165, 1.54) is 29.9 Å². The molecule has 0 saturated carbocycles. The number of hydrogen-bond acceptors (Lipinski definition) is 4. The maximum Gasteiger partial charge on any atom is 0.258 e. The van der Waals surface area contributed by atoms with Crippen LogP contribution in [0.3, 0.4) is 0 Å². The minimum absolute atomic E-state index is 0.349. The van der Waals surface area contributed by atoms with Crippen LogP contribution in [-0.2, 0) is 22.4 Å². The van der Waals surface area contributed by atoms with Gasteiger partial charge in [0.05, 0.1) is 5.56 Å². The minimum atomic E-state index is -0.349. The summed E-state index contributed by atoms with van der Waals surface area (Å²) in [7, 11) is 0. The number of imide groups is 1. The molecule has 2 aliphatic rings. The standard InChI is InChI=1S/C14H12N2O2S/c15-8-10-9-4-2-1-3-5-11(9)19-14(10)16-12(17)6-7-13(16)18/h6-7H,1-5H2. The monoisotopic (exact) mass is 272 g/mol. The summed E-state index contributed by atoms with van der Waals surface area (Å²) in [5.74, 6) is -0.698. The molecule has 5 heteroatoms. The molecule has 0 unspecified atom stereocenters. The van der Waals surface area contributed by atoms with Gasteiger partial charge in [0.1, 0.15) is 11.1 Å². The zero-order valence-corrected chi connectivity index (χ0v) is 11.1. The van der Waals surface area contributed by atoms with Gasteiger partial charge in [-0.2, -0.15) is 5.26 Å². The Hall–Kier alpha value is -1.93. The van der Waals surface area contributed by atoms with Gasteiger partial charge in [0.15, 0.2) is 0 Å². The summed E-state index contributed by atoms with van der Waals surface area (Å²) in [6.45, 7) is 0. The predicted molar refractivity (Wildman–Crippen MR) is 71.9 cm³/mol. The van der Waals surface area contributed by atoms with Crippen LogP contribution in [0.4, 0.5) is 5.00 Å². The van der Waals surface area contributed by atoms with Gasteiger partial charge in [-0.05, 0) is 31.2 Å². The SMILES string of the molecule is N#Cc1c(N2C(=O)C=CC2=O)sc2c1CCCCC2. The lowest BCUT2D eigenvalue weighted by Crippen LogP contribution is -2.29. The van der Waals surface area contributed by atoms with E-state index in [0.29, 0.717) is 10.6 Å². The minimum Gasteiger partial charge on any atom is -0.269 e. The van der Waals surface area contributed by atoms with Crippen molar-refractivity contribution in [1.29, 1.82) is 5.26 Å². The summed E-state index contributed by atoms with van der Waals surface area (Å²) in [6, 6.07) is 2.19. The van der Waals surface area contributed by atoms with Crippen molar-refractivity contribution in [3.8, 4) is 6.07 Å². The number of rotatable bonds is 1. The summed E-state index contributed by atoms with van der Waals surface area (Å²) >= 11 is 1.43. The van der Waals surface area contributed by atoms with Crippen LogP contribution in [0.25, 0.3) is 0 Å². The molecule has 1 aliphatic carbocycles. The lowest BCUT2D eigenvalue weighted by molar-refractivity contribution is -0.119. The van der Waals surface area contributed by atoms with E-state index < -0.39 is 0 Å². The molecule has 96 valence electrons. The molecule has 2 heterocycles. The highest BCUT2D eigenvalue weighted by Crippen LogP contribution is 2.40. The van der Waals surface area contributed by atoms with E-state index >= 15 is 0 Å². The average molecular weight is 272 g/mol. The van der Waals surface area contributed by atoms with Gasteiger partial charge in [-0.25, -0.2) is 4.90 Å². The summed E-state index contributed by atoms with van der Waals surface area (Å²) in [4.78, 5) is 25.8. The molecule has 0 spiro atoms. The molecule has 0 saturated heterocycles. The van der Waals surface area contributed by atoms with Crippen LogP contribution in [0.5, 0.6) is 0 Å². The number of aryl methyl sites for hydroxylation is 1. The Balaban J connectivity index is 2.10. The Morgan fingerprint density at radius 3 is 2.47 bits per heavy atom. The first-order chi connectivity index (χ1) is 9.22. The molecule has 19 heavy (non-hydrogen) atoms. The Labute approximate surface area is 114 Å². The molecule has 0 radical (unpaired) electrons. The highest BCUT2D eigenvalue weighted by atomic mass is 32.1. The smallest absolute Gasteiger partial charge is 0.258 e. The summed E-state index contributed by atoms with van der Waals surface area (Å²) < 4.78 is 0. The van der Waals surface area contributed by atoms with Crippen LogP contribution >= 0.6 is 11.3 Å². The highest BCUT2D eigenvalue weighted by molar-refractivity contribution is 7.17. The van der Waals surface area contributed by atoms with Crippen molar-refractivity contribution >= 4 is 28.2 Å². The van der Waals surface area contributed by atoms with Gasteiger partial charge in [0.25, 0.3) is 11.8 Å². The van der Waals surface area contributed by atoms with E-state index in [4.69, 9.17) is 0 Å². The maximum atomic E-state index is 11.7. The van der Waals surface area contributed by atoms with Gasteiger partial charge in [-0.15, -0.1) is 11.3 Å². The van der Waals surface area contributed by atoms with Gasteiger partial charge in [-0.1, -0.05) is 6.42 Å². The first-order valence-electron chi connectivity index (χ1n) is 6.33. The molecule has 0 bridgehead atoms. The molecule has 0 atom stereocenters. The van der Waals surface area contributed by atoms with Crippen molar-refractivity contribution in [2.24, 2.45) is 0 Å². The largest absolute Gasteiger partial charge is 0.269 e. The van der Waals surface area contributed by atoms with E-state index in [9.17, 15) is 14.9 Å². The second-order valence-electron chi connectivity index (χ2n) is 4.70. The van der Waals surface area contributed by atoms with Crippen molar-refractivity contribution in [3.05, 3.63) is 28.2 Å². The predicted octanol–water partition coefficient (Wildman–Crippen LogP) is 2.32. The zero-order chi connectivity index (χ0) is 13.4. The van der Waals surface area contributed by atoms with E-state index in [-0.39, 0.29) is 11.8 Å². The number of nitrogens with zero attached hydrogens (tertiary/aromatic N) is 2. The van der Waals surface area contributed by atoms with Gasteiger partial charge in [0.2, 0.25) is 0 Å². The molecule has 3 rings (SSSR count). The second-order valence-corrected chi connectivity index (χ2v) is 5.79. The normalized spacial score (nSPS) is 18.4. The zero-order valence-electron chi connectivity index (χ0n) is 10.3. The molecular weight excluding hydrogens is 260 g/mol. The van der Waals surface area contributed by atoms with E-state index in [2.05, 4.69) is 6.07 Å². The van der Waals surface area contributed by atoms with Crippen molar-refractivity contribution in [3.63, 3.8) is 0 Å². The number of fused-ring (bicyclic) bond motifs is 1. The number of anilines is 1. The molecule has 1 aliphatic heterocycles. The fraction of sp³-hybridized carbons (Fsp3) is 0.357. The van der Waals surface area contributed by atoms with Gasteiger partial charge >= 0.3 is 0 Å². The fourth-order valence-corrected chi connectivity index (χ4v) is 3.95. The third kappa shape index (κ3) is 1.89. The Bertz CT molecular complexity index is 619. The fourth-order valence-electron chi connectivity index (χ4n) is 2.60. The molecule has 1 aromatic heterocycles. The first-order valence-corrected chi connectivity index (χ1v) is 7.15. The molecular formula is C14H12N2O2S. The third-order valence-electron chi connectivity index (χ3n) is 3.53. The van der Waals surface area contributed by atoms with Crippen LogP contribution in [-0.4, -0.2) is 11.8 Å². The molecule has 0 fully saturated rings. The van der Waals surface area contributed by atoms with Crippen molar-refractivity contribution in [2.75, 3.05) is 4.90 Å². The number of amides is 2. The van der Waals surface area contributed by atoms with Crippen molar-refractivity contribution in [1.82, 2.24) is 0 Å². The summed E-state index contributed by atoms with van der Waals surface area (Å²) in [6.07, 6.45) is 7.68. The van der Waals surface area contributed by atoms with E-state index in [0.717, 1.165) is 41.0 Å². The molecule has 4 nitrogen and oxygen atoms in total. The number of hydrogen-bond donors (Lipinski definition) is 0. The topological polar surface area (TPSA) is 61.2 Å². The summed E-state index contributed by atoms with van der Waals surface area (Å²) in [5, 5.41) is 9.88. The van der Waals surface area contributed by atoms with Crippen LogP contribution in [0, 0.1) is 11.3 Å². The third-order valence-corrected chi connectivity index (χ3v) is 4.80. The average Bonchev–Trinajstić information content (AvgIpc) is 2.80. The van der Waals surface area contributed by atoms with E-state index in [1.807, 2.05) is 0 Å². The quantitative estimate of drug-likeness (QED) is 0.582. The van der Waals surface area contributed by atoms with Crippen molar-refractivity contribution in [2.45, 2.75) is 32.1 Å². The maximum absolute atomic E-state index is 11.7. The first kappa shape index (κ1) is 12.1. The molecule has 0 N–H and O–H groups in total. The van der Waals surface area contributed by atoms with Crippen LogP contribution in [0.2, 0.25) is 0 Å². The van der Waals surface area contributed by atoms with Crippen molar-refractivity contribution < 1.29 is 9.59 Å². The highest BCUT2D eigenvalue weighted by Gasteiger charge is 2.31. The Morgan fingerprint density at radius 1 is 1.11 bits per heavy atom. The van der Waals surface area contributed by atoms with Crippen LogP contribution in [0.1, 0.15) is 35.3 Å². The molecule has 2 amide bonds. The molecule has 0 aromatic carbocycles. The Morgan fingerprint density at radius 2 is 1.79 bits per heavy atom. The van der Waals surface area contributed by atoms with Crippen LogP contribution in [0.15, 0.2) is 12.2 Å². The lowest BCUT2D eigenvalue weighted by Gasteiger charge is -2.11. The molecule has 1 aromatic rings. The van der Waals surface area contributed by atoms with Crippen LogP contribution < -0.4 is 4.90 Å². The number of carbonyl (C=O) groups is 2. The Kier molecular flexibility index (Phi) is 2.96. The number of thiophene rings is 1. The lowest BCUT2D eigenvalue weighted by atomic mass is 10.1. The van der Waals surface area contributed by atoms with Gasteiger partial charge in [0, 0.05) is 17.0 Å². The van der Waals surface area contributed by atoms with E-state index in [1.54, 1.807) is 0 Å². The second kappa shape index (κ2) is 4.63. The van der Waals surface area contributed by atoms with Gasteiger partial charge in [-0.3, -0.25) is 9.59 Å². The van der Waals surface area contributed by atoms with Gasteiger partial charge < -0.3 is 0 Å².